The van der Waals surface area contributed by atoms with Crippen molar-refractivity contribution in [3.05, 3.63) is 58.7 Å². The van der Waals surface area contributed by atoms with Crippen molar-refractivity contribution in [1.82, 2.24) is 5.32 Å². The second kappa shape index (κ2) is 9.65. The second-order valence-corrected chi connectivity index (χ2v) is 7.95. The molecule has 1 aliphatic heterocycles. The summed E-state index contributed by atoms with van der Waals surface area (Å²) in [6.07, 6.45) is 0.143. The Labute approximate surface area is 177 Å². The number of esters is 1. The Morgan fingerprint density at radius 2 is 1.73 bits per heavy atom. The van der Waals surface area contributed by atoms with Crippen LogP contribution in [0.2, 0.25) is 0 Å². The highest BCUT2D eigenvalue weighted by molar-refractivity contribution is 5.81. The lowest BCUT2D eigenvalue weighted by Gasteiger charge is -2.25. The van der Waals surface area contributed by atoms with Crippen LogP contribution in [0.4, 0.5) is 0 Å². The predicted molar refractivity (Wildman–Crippen MR) is 114 cm³/mol. The van der Waals surface area contributed by atoms with Crippen molar-refractivity contribution < 1.29 is 23.8 Å². The Bertz CT molecular complexity index is 922. The minimum Gasteiger partial charge on any atom is -0.486 e. The molecule has 30 heavy (non-hydrogen) atoms. The molecule has 1 atom stereocenters. The zero-order valence-corrected chi connectivity index (χ0v) is 18.0. The number of fused-ring (bicyclic) bond motifs is 1. The van der Waals surface area contributed by atoms with Crippen molar-refractivity contribution in [2.45, 2.75) is 40.2 Å². The van der Waals surface area contributed by atoms with Crippen LogP contribution in [-0.2, 0) is 20.7 Å². The quantitative estimate of drug-likeness (QED) is 0.704. The number of nitrogens with one attached hydrogen (secondary N) is 1. The van der Waals surface area contributed by atoms with Crippen molar-refractivity contribution in [1.29, 1.82) is 0 Å². The summed E-state index contributed by atoms with van der Waals surface area (Å²) in [5.74, 6) is 0.770. The molecule has 1 N–H and O–H groups in total. The second-order valence-electron chi connectivity index (χ2n) is 7.95. The fourth-order valence-electron chi connectivity index (χ4n) is 3.38. The first-order valence-electron chi connectivity index (χ1n) is 10.2. The number of carbonyl (C=O) groups excluding carboxylic acids is 2. The Morgan fingerprint density at radius 3 is 2.43 bits per heavy atom. The van der Waals surface area contributed by atoms with Crippen LogP contribution in [0.15, 0.2) is 36.4 Å². The van der Waals surface area contributed by atoms with Crippen LogP contribution < -0.4 is 14.8 Å². The molecule has 0 spiro atoms. The van der Waals surface area contributed by atoms with Gasteiger partial charge in [0.1, 0.15) is 13.2 Å². The van der Waals surface area contributed by atoms with Crippen molar-refractivity contribution in [2.75, 3.05) is 19.8 Å². The van der Waals surface area contributed by atoms with Gasteiger partial charge < -0.3 is 19.5 Å². The van der Waals surface area contributed by atoms with Crippen molar-refractivity contribution in [2.24, 2.45) is 5.92 Å². The molecule has 2 aromatic carbocycles. The van der Waals surface area contributed by atoms with Gasteiger partial charge in [0.2, 0.25) is 0 Å². The molecule has 0 aliphatic carbocycles. The van der Waals surface area contributed by atoms with E-state index < -0.39 is 5.97 Å². The van der Waals surface area contributed by atoms with Gasteiger partial charge in [-0.3, -0.25) is 9.59 Å². The Morgan fingerprint density at radius 1 is 1.00 bits per heavy atom. The molecule has 2 aromatic rings. The highest BCUT2D eigenvalue weighted by atomic mass is 16.6. The van der Waals surface area contributed by atoms with E-state index in [0.29, 0.717) is 24.7 Å². The van der Waals surface area contributed by atoms with E-state index in [1.54, 1.807) is 0 Å². The van der Waals surface area contributed by atoms with Gasteiger partial charge in [-0.15, -0.1) is 0 Å². The Balaban J connectivity index is 1.56. The SMILES string of the molecule is Cc1ccc(CC(=O)OCC(=O)N[C@H](c2ccc3c(c2)OCCO3)C(C)C)cc1C. The third-order valence-electron chi connectivity index (χ3n) is 5.19. The lowest BCUT2D eigenvalue weighted by molar-refractivity contribution is -0.148. The lowest BCUT2D eigenvalue weighted by Crippen LogP contribution is -2.35. The smallest absolute Gasteiger partial charge is 0.310 e. The first-order valence-corrected chi connectivity index (χ1v) is 10.2. The number of ether oxygens (including phenoxy) is 3. The number of aryl methyl sites for hydroxylation is 2. The highest BCUT2D eigenvalue weighted by Crippen LogP contribution is 2.34. The van der Waals surface area contributed by atoms with E-state index in [-0.39, 0.29) is 30.9 Å². The van der Waals surface area contributed by atoms with Crippen LogP contribution in [0.3, 0.4) is 0 Å². The van der Waals surface area contributed by atoms with Crippen LogP contribution in [-0.4, -0.2) is 31.7 Å². The fraction of sp³-hybridized carbons (Fsp3) is 0.417. The van der Waals surface area contributed by atoms with E-state index in [0.717, 1.165) is 16.7 Å². The molecule has 3 rings (SSSR count). The summed E-state index contributed by atoms with van der Waals surface area (Å²) in [4.78, 5) is 24.6. The predicted octanol–water partition coefficient (Wildman–Crippen LogP) is 3.67. The van der Waals surface area contributed by atoms with Gasteiger partial charge in [-0.05, 0) is 54.2 Å². The van der Waals surface area contributed by atoms with Crippen LogP contribution in [0.1, 0.15) is 42.1 Å². The summed E-state index contributed by atoms with van der Waals surface area (Å²) in [6, 6.07) is 11.3. The average molecular weight is 411 g/mol. The van der Waals surface area contributed by atoms with E-state index >= 15 is 0 Å². The Hall–Kier alpha value is -3.02. The van der Waals surface area contributed by atoms with E-state index in [1.807, 2.05) is 64.1 Å². The summed E-state index contributed by atoms with van der Waals surface area (Å²) < 4.78 is 16.4. The molecule has 0 radical (unpaired) electrons. The minimum atomic E-state index is -0.422. The van der Waals surface area contributed by atoms with E-state index in [4.69, 9.17) is 14.2 Å². The van der Waals surface area contributed by atoms with E-state index in [9.17, 15) is 9.59 Å². The number of amides is 1. The largest absolute Gasteiger partial charge is 0.486 e. The summed E-state index contributed by atoms with van der Waals surface area (Å²) in [5, 5.41) is 2.96. The molecule has 0 aromatic heterocycles. The van der Waals surface area contributed by atoms with Gasteiger partial charge in [-0.1, -0.05) is 38.1 Å². The topological polar surface area (TPSA) is 73.9 Å². The van der Waals surface area contributed by atoms with Crippen LogP contribution in [0, 0.1) is 19.8 Å². The number of hydrogen-bond donors (Lipinski definition) is 1. The van der Waals surface area contributed by atoms with Crippen molar-refractivity contribution in [3.63, 3.8) is 0 Å². The van der Waals surface area contributed by atoms with Crippen molar-refractivity contribution >= 4 is 11.9 Å². The van der Waals surface area contributed by atoms with Gasteiger partial charge in [0.05, 0.1) is 12.5 Å². The fourth-order valence-corrected chi connectivity index (χ4v) is 3.38. The molecule has 0 saturated heterocycles. The molecule has 1 heterocycles. The molecule has 6 heteroatoms. The number of hydrogen-bond acceptors (Lipinski definition) is 5. The maximum atomic E-state index is 12.4. The molecule has 0 unspecified atom stereocenters. The number of benzene rings is 2. The van der Waals surface area contributed by atoms with Crippen LogP contribution in [0.25, 0.3) is 0 Å². The number of rotatable bonds is 7. The van der Waals surface area contributed by atoms with Gasteiger partial charge in [0.15, 0.2) is 18.1 Å². The van der Waals surface area contributed by atoms with Gasteiger partial charge in [-0.25, -0.2) is 0 Å². The van der Waals surface area contributed by atoms with Crippen molar-refractivity contribution in [3.8, 4) is 11.5 Å². The van der Waals surface area contributed by atoms with Gasteiger partial charge >= 0.3 is 5.97 Å². The standard InChI is InChI=1S/C24H29NO5/c1-15(2)24(19-7-8-20-21(13-19)29-10-9-28-20)25-22(26)14-30-23(27)12-18-6-5-16(3)17(4)11-18/h5-8,11,13,15,24H,9-10,12,14H2,1-4H3,(H,25,26)/t24-/m0/s1. The van der Waals surface area contributed by atoms with Gasteiger partial charge in [-0.2, -0.15) is 0 Å². The highest BCUT2D eigenvalue weighted by Gasteiger charge is 2.22. The van der Waals surface area contributed by atoms with Crippen LogP contribution >= 0.6 is 0 Å². The summed E-state index contributed by atoms with van der Waals surface area (Å²) in [6.45, 7) is 8.80. The van der Waals surface area contributed by atoms with Crippen LogP contribution in [0.5, 0.6) is 11.5 Å². The molecular weight excluding hydrogens is 382 g/mol. The zero-order chi connectivity index (χ0) is 21.7. The summed E-state index contributed by atoms with van der Waals surface area (Å²) in [7, 11) is 0. The molecule has 0 fully saturated rings. The third-order valence-corrected chi connectivity index (χ3v) is 5.19. The number of carbonyl (C=O) groups is 2. The molecule has 1 aliphatic rings. The molecule has 6 nitrogen and oxygen atoms in total. The monoisotopic (exact) mass is 411 g/mol. The Kier molecular flexibility index (Phi) is 6.98. The molecule has 0 saturated carbocycles. The molecular formula is C24H29NO5. The first kappa shape index (κ1) is 21.7. The van der Waals surface area contributed by atoms with E-state index in [1.165, 1.54) is 5.56 Å². The summed E-state index contributed by atoms with van der Waals surface area (Å²) >= 11 is 0. The average Bonchev–Trinajstić information content (AvgIpc) is 2.72. The molecule has 0 bridgehead atoms. The molecule has 1 amide bonds. The zero-order valence-electron chi connectivity index (χ0n) is 18.0. The maximum Gasteiger partial charge on any atom is 0.310 e. The molecule has 160 valence electrons. The summed E-state index contributed by atoms with van der Waals surface area (Å²) in [5.41, 5.74) is 4.09. The van der Waals surface area contributed by atoms with Gasteiger partial charge in [0.25, 0.3) is 5.91 Å². The normalized spacial score (nSPS) is 13.6. The van der Waals surface area contributed by atoms with Gasteiger partial charge in [0, 0.05) is 0 Å². The lowest BCUT2D eigenvalue weighted by atomic mass is 9.95. The first-order chi connectivity index (χ1) is 14.3. The minimum absolute atomic E-state index is 0.141. The third kappa shape index (κ3) is 5.53. The van der Waals surface area contributed by atoms with E-state index in [2.05, 4.69) is 5.32 Å². The maximum absolute atomic E-state index is 12.4.